The number of halogens is 3. The lowest BCUT2D eigenvalue weighted by atomic mass is 9.81. The largest absolute Gasteiger partial charge is 0.381 e. The molecule has 0 aliphatic carbocycles. The van der Waals surface area contributed by atoms with Gasteiger partial charge in [-0.2, -0.15) is 0 Å². The summed E-state index contributed by atoms with van der Waals surface area (Å²) in [5, 5.41) is 0. The van der Waals surface area contributed by atoms with Crippen molar-refractivity contribution in [3.63, 3.8) is 0 Å². The van der Waals surface area contributed by atoms with E-state index in [0.717, 1.165) is 0 Å². The number of rotatable bonds is 8. The van der Waals surface area contributed by atoms with Crippen molar-refractivity contribution < 1.29 is 9.13 Å². The molecule has 0 saturated heterocycles. The Bertz CT molecular complexity index is 378. The van der Waals surface area contributed by atoms with E-state index < -0.39 is 5.41 Å². The molecule has 0 saturated carbocycles. The van der Waals surface area contributed by atoms with Gasteiger partial charge in [-0.1, -0.05) is 32.0 Å². The van der Waals surface area contributed by atoms with Crippen molar-refractivity contribution >= 4 is 23.2 Å². The molecule has 1 rings (SSSR count). The molecule has 1 aromatic carbocycles. The highest BCUT2D eigenvalue weighted by Gasteiger charge is 2.32. The van der Waals surface area contributed by atoms with Crippen LogP contribution in [0.2, 0.25) is 0 Å². The Morgan fingerprint density at radius 1 is 1.21 bits per heavy atom. The van der Waals surface area contributed by atoms with Gasteiger partial charge in [0, 0.05) is 30.4 Å². The summed E-state index contributed by atoms with van der Waals surface area (Å²) in [6, 6.07) is 6.67. The zero-order valence-electron chi connectivity index (χ0n) is 11.5. The molecule has 0 unspecified atom stereocenters. The highest BCUT2D eigenvalue weighted by atomic mass is 35.5. The number of hydrogen-bond acceptors (Lipinski definition) is 1. The van der Waals surface area contributed by atoms with Crippen molar-refractivity contribution in [3.05, 3.63) is 35.6 Å². The summed E-state index contributed by atoms with van der Waals surface area (Å²) in [6.45, 7) is 5.41. The lowest BCUT2D eigenvalue weighted by molar-refractivity contribution is 0.0967. The van der Waals surface area contributed by atoms with Crippen molar-refractivity contribution in [3.8, 4) is 0 Å². The van der Waals surface area contributed by atoms with Gasteiger partial charge in [-0.05, 0) is 24.0 Å². The van der Waals surface area contributed by atoms with E-state index in [9.17, 15) is 4.39 Å². The molecule has 0 heterocycles. The lowest BCUT2D eigenvalue weighted by Crippen LogP contribution is -2.33. The third-order valence-corrected chi connectivity index (χ3v) is 4.16. The SMILES string of the molecule is CC(C)COCCC(CCl)(CCl)c1ccccc1F. The molecular weight excluding hydrogens is 286 g/mol. The highest BCUT2D eigenvalue weighted by molar-refractivity contribution is 6.22. The van der Waals surface area contributed by atoms with Crippen LogP contribution in [-0.4, -0.2) is 25.0 Å². The number of ether oxygens (including phenoxy) is 1. The van der Waals surface area contributed by atoms with Gasteiger partial charge in [0.15, 0.2) is 0 Å². The van der Waals surface area contributed by atoms with E-state index in [2.05, 4.69) is 13.8 Å². The Kier molecular flexibility index (Phi) is 7.12. The maximum Gasteiger partial charge on any atom is 0.127 e. The summed E-state index contributed by atoms with van der Waals surface area (Å²) >= 11 is 12.1. The highest BCUT2D eigenvalue weighted by Crippen LogP contribution is 2.33. The molecule has 0 spiro atoms. The molecule has 19 heavy (non-hydrogen) atoms. The smallest absolute Gasteiger partial charge is 0.127 e. The molecule has 0 N–H and O–H groups in total. The van der Waals surface area contributed by atoms with Crippen molar-refractivity contribution in [1.82, 2.24) is 0 Å². The topological polar surface area (TPSA) is 9.23 Å². The third-order valence-electron chi connectivity index (χ3n) is 3.13. The van der Waals surface area contributed by atoms with Gasteiger partial charge in [-0.25, -0.2) is 4.39 Å². The second-order valence-corrected chi connectivity index (χ2v) is 5.78. The van der Waals surface area contributed by atoms with E-state index >= 15 is 0 Å². The molecule has 0 amide bonds. The summed E-state index contributed by atoms with van der Waals surface area (Å²) in [5.74, 6) is 0.785. The van der Waals surface area contributed by atoms with Gasteiger partial charge in [0.1, 0.15) is 5.82 Å². The fourth-order valence-corrected chi connectivity index (χ4v) is 2.77. The minimum absolute atomic E-state index is 0.257. The summed E-state index contributed by atoms with van der Waals surface area (Å²) in [4.78, 5) is 0. The van der Waals surface area contributed by atoms with Crippen LogP contribution in [0.1, 0.15) is 25.8 Å². The molecule has 0 bridgehead atoms. The monoisotopic (exact) mass is 306 g/mol. The number of benzene rings is 1. The van der Waals surface area contributed by atoms with E-state index in [4.69, 9.17) is 27.9 Å². The Labute approximate surface area is 125 Å². The average Bonchev–Trinajstić information content (AvgIpc) is 2.40. The summed E-state index contributed by atoms with van der Waals surface area (Å²) in [6.07, 6.45) is 0.619. The molecule has 0 aliphatic heterocycles. The van der Waals surface area contributed by atoms with Gasteiger partial charge >= 0.3 is 0 Å². The average molecular weight is 307 g/mol. The van der Waals surface area contributed by atoms with E-state index in [0.29, 0.717) is 31.1 Å². The van der Waals surface area contributed by atoms with Crippen LogP contribution in [-0.2, 0) is 10.2 Å². The van der Waals surface area contributed by atoms with Crippen molar-refractivity contribution in [2.45, 2.75) is 25.7 Å². The number of alkyl halides is 2. The minimum Gasteiger partial charge on any atom is -0.381 e. The van der Waals surface area contributed by atoms with Gasteiger partial charge in [0.05, 0.1) is 0 Å². The Morgan fingerprint density at radius 3 is 2.37 bits per heavy atom. The maximum absolute atomic E-state index is 13.9. The van der Waals surface area contributed by atoms with Crippen molar-refractivity contribution in [2.75, 3.05) is 25.0 Å². The Hall–Kier alpha value is -0.310. The van der Waals surface area contributed by atoms with Gasteiger partial charge < -0.3 is 4.74 Å². The summed E-state index contributed by atoms with van der Waals surface area (Å²) in [5.41, 5.74) is 0.0129. The molecule has 4 heteroatoms. The van der Waals surface area contributed by atoms with Crippen LogP contribution in [0.3, 0.4) is 0 Å². The normalized spacial score (nSPS) is 12.1. The molecular formula is C15H21Cl2FO. The first-order chi connectivity index (χ1) is 9.05. The lowest BCUT2D eigenvalue weighted by Gasteiger charge is -2.30. The summed E-state index contributed by atoms with van der Waals surface area (Å²) < 4.78 is 19.5. The van der Waals surface area contributed by atoms with E-state index in [-0.39, 0.29) is 17.6 Å². The fraction of sp³-hybridized carbons (Fsp3) is 0.600. The minimum atomic E-state index is -0.564. The molecule has 0 radical (unpaired) electrons. The first kappa shape index (κ1) is 16.7. The molecule has 1 nitrogen and oxygen atoms in total. The van der Waals surface area contributed by atoms with E-state index in [1.165, 1.54) is 6.07 Å². The second kappa shape index (κ2) is 8.08. The van der Waals surface area contributed by atoms with Crippen molar-refractivity contribution in [2.24, 2.45) is 5.92 Å². The van der Waals surface area contributed by atoms with Gasteiger partial charge in [-0.15, -0.1) is 23.2 Å². The fourth-order valence-electron chi connectivity index (χ4n) is 1.93. The standard InChI is InChI=1S/C15H21Cl2FO/c1-12(2)9-19-8-7-15(10-16,11-17)13-5-3-4-6-14(13)18/h3-6,12H,7-11H2,1-2H3. The van der Waals surface area contributed by atoms with E-state index in [1.807, 2.05) is 0 Å². The Balaban J connectivity index is 2.77. The van der Waals surface area contributed by atoms with Crippen LogP contribution < -0.4 is 0 Å². The van der Waals surface area contributed by atoms with E-state index in [1.54, 1.807) is 18.2 Å². The quantitative estimate of drug-likeness (QED) is 0.503. The van der Waals surface area contributed by atoms with Gasteiger partial charge in [0.2, 0.25) is 0 Å². The first-order valence-electron chi connectivity index (χ1n) is 6.50. The van der Waals surface area contributed by atoms with Crippen LogP contribution in [0.5, 0.6) is 0 Å². The summed E-state index contributed by atoms with van der Waals surface area (Å²) in [7, 11) is 0. The van der Waals surface area contributed by atoms with Crippen LogP contribution >= 0.6 is 23.2 Å². The molecule has 0 aliphatic rings. The van der Waals surface area contributed by atoms with Crippen LogP contribution in [0.4, 0.5) is 4.39 Å². The molecule has 108 valence electrons. The molecule has 0 aromatic heterocycles. The van der Waals surface area contributed by atoms with Crippen molar-refractivity contribution in [1.29, 1.82) is 0 Å². The van der Waals surface area contributed by atoms with Gasteiger partial charge in [-0.3, -0.25) is 0 Å². The number of hydrogen-bond donors (Lipinski definition) is 0. The van der Waals surface area contributed by atoms with Crippen LogP contribution in [0.15, 0.2) is 24.3 Å². The maximum atomic E-state index is 13.9. The molecule has 1 aromatic rings. The van der Waals surface area contributed by atoms with Gasteiger partial charge in [0.25, 0.3) is 0 Å². The zero-order chi connectivity index (χ0) is 14.3. The predicted octanol–water partition coefficient (Wildman–Crippen LogP) is 4.60. The van der Waals surface area contributed by atoms with Crippen LogP contribution in [0.25, 0.3) is 0 Å². The predicted molar refractivity (Wildman–Crippen MR) is 79.8 cm³/mol. The van der Waals surface area contributed by atoms with Crippen LogP contribution in [0, 0.1) is 11.7 Å². The third kappa shape index (κ3) is 4.62. The second-order valence-electron chi connectivity index (χ2n) is 5.25. The zero-order valence-corrected chi connectivity index (χ0v) is 13.0. The Morgan fingerprint density at radius 2 is 1.84 bits per heavy atom. The molecule has 0 fully saturated rings. The molecule has 0 atom stereocenters. The first-order valence-corrected chi connectivity index (χ1v) is 7.57.